The summed E-state index contributed by atoms with van der Waals surface area (Å²) in [5.74, 6) is 0. The van der Waals surface area contributed by atoms with Gasteiger partial charge in [-0.15, -0.1) is 0 Å². The molecule has 0 aliphatic rings. The Morgan fingerprint density at radius 1 is 1.50 bits per heavy atom. The molecule has 0 bridgehead atoms. The van der Waals surface area contributed by atoms with Gasteiger partial charge in [-0.2, -0.15) is 0 Å². The van der Waals surface area contributed by atoms with Crippen molar-refractivity contribution in [3.05, 3.63) is 34.3 Å². The standard InChI is InChI=1S/C8H10ClN/c1-6-3-2-4-8(9)7(6)5-10/h2-4H,5,10H2,1H3. The van der Waals surface area contributed by atoms with E-state index in [9.17, 15) is 0 Å². The van der Waals surface area contributed by atoms with Crippen LogP contribution in [0.1, 0.15) is 11.1 Å². The third-order valence-corrected chi connectivity index (χ3v) is 1.91. The first-order valence-electron chi connectivity index (χ1n) is 3.19. The Morgan fingerprint density at radius 2 is 2.20 bits per heavy atom. The van der Waals surface area contributed by atoms with Gasteiger partial charge >= 0.3 is 0 Å². The fourth-order valence-corrected chi connectivity index (χ4v) is 1.22. The Kier molecular flexibility index (Phi) is 2.30. The van der Waals surface area contributed by atoms with Crippen molar-refractivity contribution in [2.45, 2.75) is 13.5 Å². The highest BCUT2D eigenvalue weighted by atomic mass is 35.5. The summed E-state index contributed by atoms with van der Waals surface area (Å²) in [6.07, 6.45) is 0. The number of halogens is 1. The van der Waals surface area contributed by atoms with E-state index >= 15 is 0 Å². The van der Waals surface area contributed by atoms with Gasteiger partial charge in [0.05, 0.1) is 0 Å². The largest absolute Gasteiger partial charge is 0.326 e. The Balaban J connectivity index is 3.17. The monoisotopic (exact) mass is 155 g/mol. The van der Waals surface area contributed by atoms with Crippen molar-refractivity contribution in [3.8, 4) is 0 Å². The maximum absolute atomic E-state index is 5.85. The van der Waals surface area contributed by atoms with Gasteiger partial charge in [-0.05, 0) is 24.1 Å². The summed E-state index contributed by atoms with van der Waals surface area (Å²) in [5.41, 5.74) is 7.67. The highest BCUT2D eigenvalue weighted by molar-refractivity contribution is 6.31. The number of hydrogen-bond donors (Lipinski definition) is 1. The lowest BCUT2D eigenvalue weighted by molar-refractivity contribution is 1.05. The van der Waals surface area contributed by atoms with Crippen LogP contribution in [-0.2, 0) is 6.54 Å². The van der Waals surface area contributed by atoms with E-state index in [0.29, 0.717) is 6.54 Å². The molecule has 0 saturated carbocycles. The van der Waals surface area contributed by atoms with Gasteiger partial charge in [0.1, 0.15) is 0 Å². The van der Waals surface area contributed by atoms with Gasteiger partial charge in [0.15, 0.2) is 0 Å². The SMILES string of the molecule is Cc1cccc(Cl)c1CN. The second-order valence-corrected chi connectivity index (χ2v) is 2.65. The predicted octanol–water partition coefficient (Wildman–Crippen LogP) is 2.11. The van der Waals surface area contributed by atoms with Crippen LogP contribution >= 0.6 is 11.6 Å². The molecule has 0 heterocycles. The van der Waals surface area contributed by atoms with Gasteiger partial charge in [-0.25, -0.2) is 0 Å². The molecule has 0 aromatic heterocycles. The average molecular weight is 156 g/mol. The van der Waals surface area contributed by atoms with Crippen molar-refractivity contribution < 1.29 is 0 Å². The topological polar surface area (TPSA) is 26.0 Å². The van der Waals surface area contributed by atoms with Crippen LogP contribution in [0.4, 0.5) is 0 Å². The third kappa shape index (κ3) is 1.31. The van der Waals surface area contributed by atoms with Crippen LogP contribution in [0.2, 0.25) is 5.02 Å². The molecule has 1 nitrogen and oxygen atoms in total. The molecule has 0 atom stereocenters. The van der Waals surface area contributed by atoms with E-state index in [1.807, 2.05) is 25.1 Å². The zero-order valence-corrected chi connectivity index (χ0v) is 6.65. The Morgan fingerprint density at radius 3 is 2.60 bits per heavy atom. The maximum atomic E-state index is 5.85. The minimum absolute atomic E-state index is 0.519. The van der Waals surface area contributed by atoms with Crippen LogP contribution in [0.15, 0.2) is 18.2 Å². The lowest BCUT2D eigenvalue weighted by Crippen LogP contribution is -1.99. The molecular weight excluding hydrogens is 146 g/mol. The Hall–Kier alpha value is -0.530. The molecular formula is C8H10ClN. The molecule has 1 aromatic carbocycles. The first-order chi connectivity index (χ1) is 4.75. The first kappa shape index (κ1) is 7.58. The fourth-order valence-electron chi connectivity index (χ4n) is 0.925. The molecule has 2 N–H and O–H groups in total. The molecule has 2 heteroatoms. The number of rotatable bonds is 1. The van der Waals surface area contributed by atoms with Crippen molar-refractivity contribution >= 4 is 11.6 Å². The molecule has 1 rings (SSSR count). The van der Waals surface area contributed by atoms with Gasteiger partial charge in [-0.1, -0.05) is 23.7 Å². The number of benzene rings is 1. The zero-order chi connectivity index (χ0) is 7.56. The molecule has 1 aromatic rings. The first-order valence-corrected chi connectivity index (χ1v) is 3.57. The van der Waals surface area contributed by atoms with Gasteiger partial charge in [0.2, 0.25) is 0 Å². The van der Waals surface area contributed by atoms with Crippen LogP contribution in [0.25, 0.3) is 0 Å². The van der Waals surface area contributed by atoms with Crippen molar-refractivity contribution in [2.24, 2.45) is 5.73 Å². The second kappa shape index (κ2) is 3.04. The van der Waals surface area contributed by atoms with Gasteiger partial charge in [-0.3, -0.25) is 0 Å². The summed E-state index contributed by atoms with van der Waals surface area (Å²) < 4.78 is 0. The molecule has 0 amide bonds. The Bertz CT molecular complexity index is 212. The summed E-state index contributed by atoms with van der Waals surface area (Å²) >= 11 is 5.85. The molecule has 0 unspecified atom stereocenters. The summed E-state index contributed by atoms with van der Waals surface area (Å²) in [6.45, 7) is 2.53. The molecule has 0 fully saturated rings. The maximum Gasteiger partial charge on any atom is 0.0453 e. The van der Waals surface area contributed by atoms with Crippen molar-refractivity contribution in [1.82, 2.24) is 0 Å². The fraction of sp³-hybridized carbons (Fsp3) is 0.250. The number of nitrogens with two attached hydrogens (primary N) is 1. The molecule has 0 spiro atoms. The molecule has 54 valence electrons. The van der Waals surface area contributed by atoms with Crippen LogP contribution in [-0.4, -0.2) is 0 Å². The van der Waals surface area contributed by atoms with E-state index in [-0.39, 0.29) is 0 Å². The van der Waals surface area contributed by atoms with Crippen molar-refractivity contribution in [3.63, 3.8) is 0 Å². The van der Waals surface area contributed by atoms with Crippen molar-refractivity contribution in [2.75, 3.05) is 0 Å². The summed E-state index contributed by atoms with van der Waals surface area (Å²) in [5, 5.41) is 0.766. The molecule has 10 heavy (non-hydrogen) atoms. The number of hydrogen-bond acceptors (Lipinski definition) is 1. The van der Waals surface area contributed by atoms with E-state index in [4.69, 9.17) is 17.3 Å². The lowest BCUT2D eigenvalue weighted by atomic mass is 10.1. The quantitative estimate of drug-likeness (QED) is 0.661. The van der Waals surface area contributed by atoms with E-state index in [1.54, 1.807) is 0 Å². The van der Waals surface area contributed by atoms with E-state index in [2.05, 4.69) is 0 Å². The Labute approximate surface area is 65.8 Å². The smallest absolute Gasteiger partial charge is 0.0453 e. The number of aryl methyl sites for hydroxylation is 1. The van der Waals surface area contributed by atoms with E-state index in [0.717, 1.165) is 16.1 Å². The minimum Gasteiger partial charge on any atom is -0.326 e. The molecule has 0 saturated heterocycles. The van der Waals surface area contributed by atoms with Crippen LogP contribution < -0.4 is 5.73 Å². The van der Waals surface area contributed by atoms with E-state index < -0.39 is 0 Å². The molecule has 0 aliphatic heterocycles. The van der Waals surface area contributed by atoms with Crippen LogP contribution in [0, 0.1) is 6.92 Å². The van der Waals surface area contributed by atoms with Crippen molar-refractivity contribution in [1.29, 1.82) is 0 Å². The van der Waals surface area contributed by atoms with Gasteiger partial charge < -0.3 is 5.73 Å². The molecule has 0 aliphatic carbocycles. The summed E-state index contributed by atoms with van der Waals surface area (Å²) in [4.78, 5) is 0. The zero-order valence-electron chi connectivity index (χ0n) is 5.89. The summed E-state index contributed by atoms with van der Waals surface area (Å²) in [7, 11) is 0. The van der Waals surface area contributed by atoms with Gasteiger partial charge in [0.25, 0.3) is 0 Å². The summed E-state index contributed by atoms with van der Waals surface area (Å²) in [6, 6.07) is 5.79. The highest BCUT2D eigenvalue weighted by Gasteiger charge is 1.98. The third-order valence-electron chi connectivity index (χ3n) is 1.56. The van der Waals surface area contributed by atoms with Crippen LogP contribution in [0.5, 0.6) is 0 Å². The van der Waals surface area contributed by atoms with E-state index in [1.165, 1.54) is 0 Å². The second-order valence-electron chi connectivity index (χ2n) is 2.24. The lowest BCUT2D eigenvalue weighted by Gasteiger charge is -2.03. The minimum atomic E-state index is 0.519. The van der Waals surface area contributed by atoms with Gasteiger partial charge in [0, 0.05) is 11.6 Å². The highest BCUT2D eigenvalue weighted by Crippen LogP contribution is 2.17. The predicted molar refractivity (Wildman–Crippen MR) is 44.1 cm³/mol. The normalized spacial score (nSPS) is 9.90. The average Bonchev–Trinajstić information content (AvgIpc) is 1.88. The molecule has 0 radical (unpaired) electrons. The van der Waals surface area contributed by atoms with Crippen LogP contribution in [0.3, 0.4) is 0 Å².